The van der Waals surface area contributed by atoms with Gasteiger partial charge in [-0.15, -0.1) is 0 Å². The van der Waals surface area contributed by atoms with E-state index in [0.29, 0.717) is 16.1 Å². The maximum atomic E-state index is 10.9. The molecule has 1 aromatic heterocycles. The highest BCUT2D eigenvalue weighted by molar-refractivity contribution is 9.10. The Bertz CT molecular complexity index is 410. The maximum Gasteiger partial charge on any atom is 0.311 e. The molecule has 1 N–H and O–H groups in total. The number of halogens is 1. The fraction of sp³-hybridized carbons (Fsp3) is 0.545. The van der Waals surface area contributed by atoms with Crippen molar-refractivity contribution in [2.45, 2.75) is 33.2 Å². The fourth-order valence-corrected chi connectivity index (χ4v) is 2.07. The number of hydrogen-bond donors (Lipinski definition) is 1. The van der Waals surface area contributed by atoms with Crippen molar-refractivity contribution in [3.63, 3.8) is 0 Å². The molecule has 0 fully saturated rings. The zero-order chi connectivity index (χ0) is 13.0. The van der Waals surface area contributed by atoms with E-state index in [2.05, 4.69) is 47.0 Å². The van der Waals surface area contributed by atoms with Gasteiger partial charge in [0.2, 0.25) is 0 Å². The second-order valence-corrected chi connectivity index (χ2v) is 5.03. The Balaban J connectivity index is 3.07. The topological polar surface area (TPSA) is 68.1 Å². The van der Waals surface area contributed by atoms with Crippen molar-refractivity contribution in [1.82, 2.24) is 4.98 Å². The number of aromatic nitrogens is 1. The molecule has 1 unspecified atom stereocenters. The molecule has 6 heteroatoms. The van der Waals surface area contributed by atoms with Gasteiger partial charge < -0.3 is 5.32 Å². The van der Waals surface area contributed by atoms with Gasteiger partial charge in [-0.1, -0.05) is 20.8 Å². The summed E-state index contributed by atoms with van der Waals surface area (Å²) < 4.78 is 0.616. The molecule has 0 saturated carbocycles. The van der Waals surface area contributed by atoms with Crippen molar-refractivity contribution in [2.75, 3.05) is 5.32 Å². The van der Waals surface area contributed by atoms with E-state index in [-0.39, 0.29) is 11.7 Å². The van der Waals surface area contributed by atoms with Gasteiger partial charge in [0, 0.05) is 12.2 Å². The molecule has 94 valence electrons. The Hall–Kier alpha value is -1.17. The first kappa shape index (κ1) is 13.9. The van der Waals surface area contributed by atoms with Gasteiger partial charge >= 0.3 is 5.69 Å². The van der Waals surface area contributed by atoms with Gasteiger partial charge in [0.25, 0.3) is 0 Å². The second-order valence-electron chi connectivity index (χ2n) is 4.18. The largest absolute Gasteiger partial charge is 0.375 e. The summed E-state index contributed by atoms with van der Waals surface area (Å²) in [4.78, 5) is 14.3. The maximum absolute atomic E-state index is 10.9. The lowest BCUT2D eigenvalue weighted by Crippen LogP contribution is -2.25. The lowest BCUT2D eigenvalue weighted by Gasteiger charge is -2.22. The average Bonchev–Trinajstić information content (AvgIpc) is 2.26. The minimum atomic E-state index is -0.423. The minimum absolute atomic E-state index is 0.00141. The van der Waals surface area contributed by atoms with Gasteiger partial charge in [0.1, 0.15) is 11.9 Å². The first-order valence-electron chi connectivity index (χ1n) is 5.51. The molecule has 1 atom stereocenters. The number of nitrogens with one attached hydrogen (secondary N) is 1. The summed E-state index contributed by atoms with van der Waals surface area (Å²) in [6, 6.07) is 0.201. The zero-order valence-electron chi connectivity index (χ0n) is 10.1. The summed E-state index contributed by atoms with van der Waals surface area (Å²) >= 11 is 3.29. The van der Waals surface area contributed by atoms with E-state index in [1.54, 1.807) is 6.20 Å². The molecular weight excluding hydrogens is 286 g/mol. The van der Waals surface area contributed by atoms with E-state index >= 15 is 0 Å². The highest BCUT2D eigenvalue weighted by Gasteiger charge is 2.21. The van der Waals surface area contributed by atoms with Gasteiger partial charge in [-0.25, -0.2) is 0 Å². The SMILES string of the molecule is CCC(Nc1c(Br)cncc1[N+](=O)[O-])C(C)C. The lowest BCUT2D eigenvalue weighted by molar-refractivity contribution is -0.384. The number of nitro groups is 1. The Morgan fingerprint density at radius 1 is 1.53 bits per heavy atom. The Labute approximate surface area is 109 Å². The molecule has 0 amide bonds. The van der Waals surface area contributed by atoms with Crippen LogP contribution in [0.2, 0.25) is 0 Å². The Morgan fingerprint density at radius 3 is 2.65 bits per heavy atom. The van der Waals surface area contributed by atoms with E-state index < -0.39 is 4.92 Å². The fourth-order valence-electron chi connectivity index (χ4n) is 1.63. The van der Waals surface area contributed by atoms with Crippen LogP contribution in [0.25, 0.3) is 0 Å². The van der Waals surface area contributed by atoms with Gasteiger partial charge in [-0.3, -0.25) is 15.1 Å². The first-order valence-corrected chi connectivity index (χ1v) is 6.31. The van der Waals surface area contributed by atoms with Crippen LogP contribution < -0.4 is 5.32 Å². The van der Waals surface area contributed by atoms with Crippen LogP contribution in [0, 0.1) is 16.0 Å². The highest BCUT2D eigenvalue weighted by atomic mass is 79.9. The van der Waals surface area contributed by atoms with Gasteiger partial charge in [0.05, 0.1) is 9.40 Å². The molecule has 0 spiro atoms. The second kappa shape index (κ2) is 5.95. The molecule has 0 aliphatic rings. The molecule has 0 saturated heterocycles. The zero-order valence-corrected chi connectivity index (χ0v) is 11.7. The minimum Gasteiger partial charge on any atom is -0.375 e. The lowest BCUT2D eigenvalue weighted by atomic mass is 10.0. The predicted molar refractivity (Wildman–Crippen MR) is 71.1 cm³/mol. The van der Waals surface area contributed by atoms with E-state index in [4.69, 9.17) is 0 Å². The molecule has 1 heterocycles. The third-order valence-corrected chi connectivity index (χ3v) is 3.25. The predicted octanol–water partition coefficient (Wildman–Crippen LogP) is 3.60. The molecule has 1 rings (SSSR count). The van der Waals surface area contributed by atoms with Crippen molar-refractivity contribution in [3.05, 3.63) is 27.0 Å². The van der Waals surface area contributed by atoms with Crippen LogP contribution in [0.3, 0.4) is 0 Å². The number of nitrogens with zero attached hydrogens (tertiary/aromatic N) is 2. The van der Waals surface area contributed by atoms with Crippen molar-refractivity contribution in [1.29, 1.82) is 0 Å². The van der Waals surface area contributed by atoms with Crippen molar-refractivity contribution in [3.8, 4) is 0 Å². The molecule has 0 radical (unpaired) electrons. The van der Waals surface area contributed by atoms with Crippen LogP contribution in [0.1, 0.15) is 27.2 Å². The van der Waals surface area contributed by atoms with Crippen LogP contribution in [0.15, 0.2) is 16.9 Å². The normalized spacial score (nSPS) is 12.5. The number of hydrogen-bond acceptors (Lipinski definition) is 4. The number of anilines is 1. The molecule has 0 aliphatic heterocycles. The van der Waals surface area contributed by atoms with Crippen LogP contribution >= 0.6 is 15.9 Å². The highest BCUT2D eigenvalue weighted by Crippen LogP contribution is 2.32. The van der Waals surface area contributed by atoms with Gasteiger partial charge in [0.15, 0.2) is 0 Å². The Kier molecular flexibility index (Phi) is 4.86. The van der Waals surface area contributed by atoms with Crippen molar-refractivity contribution < 1.29 is 4.92 Å². The number of rotatable bonds is 5. The first-order chi connectivity index (χ1) is 7.97. The summed E-state index contributed by atoms with van der Waals surface area (Å²) in [5.74, 6) is 0.402. The van der Waals surface area contributed by atoms with E-state index in [1.807, 2.05) is 0 Å². The molecule has 17 heavy (non-hydrogen) atoms. The summed E-state index contributed by atoms with van der Waals surface area (Å²) in [7, 11) is 0. The summed E-state index contributed by atoms with van der Waals surface area (Å²) in [6.07, 6.45) is 3.73. The van der Waals surface area contributed by atoms with E-state index in [0.717, 1.165) is 6.42 Å². The van der Waals surface area contributed by atoms with E-state index in [1.165, 1.54) is 6.20 Å². The van der Waals surface area contributed by atoms with Crippen LogP contribution in [0.5, 0.6) is 0 Å². The molecule has 0 aromatic carbocycles. The van der Waals surface area contributed by atoms with Crippen LogP contribution in [-0.2, 0) is 0 Å². The van der Waals surface area contributed by atoms with Gasteiger partial charge in [-0.2, -0.15) is 0 Å². The summed E-state index contributed by atoms with van der Waals surface area (Å²) in [5, 5.41) is 14.1. The molecule has 0 aliphatic carbocycles. The molecule has 0 bridgehead atoms. The smallest absolute Gasteiger partial charge is 0.311 e. The van der Waals surface area contributed by atoms with Crippen molar-refractivity contribution >= 4 is 27.3 Å². The third kappa shape index (κ3) is 3.39. The Morgan fingerprint density at radius 2 is 2.18 bits per heavy atom. The monoisotopic (exact) mass is 301 g/mol. The summed E-state index contributed by atoms with van der Waals surface area (Å²) in [6.45, 7) is 6.22. The van der Waals surface area contributed by atoms with E-state index in [9.17, 15) is 10.1 Å². The van der Waals surface area contributed by atoms with Crippen LogP contribution in [0.4, 0.5) is 11.4 Å². The van der Waals surface area contributed by atoms with Crippen LogP contribution in [-0.4, -0.2) is 15.9 Å². The summed E-state index contributed by atoms with van der Waals surface area (Å²) in [5.41, 5.74) is 0.504. The quantitative estimate of drug-likeness (QED) is 0.666. The standard InChI is InChI=1S/C11H16BrN3O2/c1-4-9(7(2)3)14-11-8(12)5-13-6-10(11)15(16)17/h5-7,9H,4H2,1-3H3,(H,13,14). The molecule has 1 aromatic rings. The van der Waals surface area contributed by atoms with Crippen molar-refractivity contribution in [2.24, 2.45) is 5.92 Å². The average molecular weight is 302 g/mol. The third-order valence-electron chi connectivity index (χ3n) is 2.65. The van der Waals surface area contributed by atoms with Gasteiger partial charge in [-0.05, 0) is 28.3 Å². The molecule has 5 nitrogen and oxygen atoms in total. The number of pyridine rings is 1. The molecular formula is C11H16BrN3O2.